The number of aliphatic hydroxyl groups is 1. The number of fused-ring (bicyclic) bond motifs is 1. The zero-order valence-corrected chi connectivity index (χ0v) is 15.8. The van der Waals surface area contributed by atoms with Crippen molar-refractivity contribution in [1.29, 1.82) is 0 Å². The number of hydrogen-bond acceptors (Lipinski definition) is 1. The highest BCUT2D eigenvalue weighted by Crippen LogP contribution is 2.51. The van der Waals surface area contributed by atoms with Crippen LogP contribution in [0.5, 0.6) is 0 Å². The molecule has 0 aromatic heterocycles. The summed E-state index contributed by atoms with van der Waals surface area (Å²) < 4.78 is 0. The molecule has 0 heterocycles. The number of aliphatic hydroxyl groups excluding tert-OH is 1. The molecule has 0 radical (unpaired) electrons. The van der Waals surface area contributed by atoms with E-state index in [2.05, 4.69) is 70.7 Å². The third-order valence-electron chi connectivity index (χ3n) is 5.82. The summed E-state index contributed by atoms with van der Waals surface area (Å²) in [5, 5.41) is 11.0. The molecular weight excluding hydrogens is 304 g/mol. The van der Waals surface area contributed by atoms with Gasteiger partial charge in [0, 0.05) is 5.92 Å². The summed E-state index contributed by atoms with van der Waals surface area (Å²) in [5.74, 6) is 1.11. The fourth-order valence-electron chi connectivity index (χ4n) is 4.37. The van der Waals surface area contributed by atoms with Crippen LogP contribution in [-0.2, 0) is 0 Å². The Morgan fingerprint density at radius 1 is 1.04 bits per heavy atom. The lowest BCUT2D eigenvalue weighted by Gasteiger charge is -2.26. The molecule has 1 aliphatic rings. The van der Waals surface area contributed by atoms with E-state index in [0.717, 1.165) is 24.0 Å². The van der Waals surface area contributed by atoms with Crippen LogP contribution in [-0.4, -0.2) is 5.11 Å². The van der Waals surface area contributed by atoms with E-state index in [4.69, 9.17) is 0 Å². The van der Waals surface area contributed by atoms with Gasteiger partial charge in [-0.1, -0.05) is 75.7 Å². The fourth-order valence-corrected chi connectivity index (χ4v) is 4.37. The Morgan fingerprint density at radius 3 is 2.36 bits per heavy atom. The highest BCUT2D eigenvalue weighted by molar-refractivity contribution is 5.88. The van der Waals surface area contributed by atoms with Crippen molar-refractivity contribution in [3.05, 3.63) is 71.0 Å². The Kier molecular flexibility index (Phi) is 4.85. The summed E-state index contributed by atoms with van der Waals surface area (Å²) in [6.07, 6.45) is 4.05. The zero-order chi connectivity index (χ0) is 18.1. The topological polar surface area (TPSA) is 20.2 Å². The van der Waals surface area contributed by atoms with E-state index in [0.29, 0.717) is 11.7 Å². The number of hydrogen-bond donors (Lipinski definition) is 1. The third-order valence-corrected chi connectivity index (χ3v) is 5.82. The smallest absolute Gasteiger partial charge is 0.104 e. The van der Waals surface area contributed by atoms with Crippen molar-refractivity contribution in [2.75, 3.05) is 0 Å². The van der Waals surface area contributed by atoms with Gasteiger partial charge >= 0.3 is 0 Å². The first kappa shape index (κ1) is 17.5. The summed E-state index contributed by atoms with van der Waals surface area (Å²) in [7, 11) is 0. The standard InChI is InChI=1S/C24H28O/c1-6-17(7-2)22-23-19(16(5)24(22)25)14-13-15(4)21(23)20-12-10-9-11-18(20)8-3/h8-14,17,22,25H,3,6-7H2,1-2,4-5H3. The Balaban J connectivity index is 2.33. The lowest BCUT2D eigenvalue weighted by atomic mass is 9.78. The van der Waals surface area contributed by atoms with Crippen LogP contribution in [0.4, 0.5) is 0 Å². The summed E-state index contributed by atoms with van der Waals surface area (Å²) in [5.41, 5.74) is 8.42. The molecule has 0 saturated heterocycles. The van der Waals surface area contributed by atoms with Gasteiger partial charge in [0.2, 0.25) is 0 Å². The molecule has 25 heavy (non-hydrogen) atoms. The van der Waals surface area contributed by atoms with Gasteiger partial charge in [-0.3, -0.25) is 0 Å². The highest BCUT2D eigenvalue weighted by atomic mass is 16.3. The van der Waals surface area contributed by atoms with E-state index >= 15 is 0 Å². The van der Waals surface area contributed by atoms with Crippen molar-refractivity contribution in [2.45, 2.75) is 46.5 Å². The van der Waals surface area contributed by atoms with Crippen molar-refractivity contribution in [2.24, 2.45) is 5.92 Å². The largest absolute Gasteiger partial charge is 0.511 e. The van der Waals surface area contributed by atoms with Gasteiger partial charge in [-0.05, 0) is 58.7 Å². The second-order valence-corrected chi connectivity index (χ2v) is 7.07. The Hall–Kier alpha value is -2.28. The van der Waals surface area contributed by atoms with Crippen molar-refractivity contribution < 1.29 is 5.11 Å². The molecule has 1 unspecified atom stereocenters. The molecule has 1 atom stereocenters. The molecule has 0 aliphatic heterocycles. The zero-order valence-electron chi connectivity index (χ0n) is 15.8. The first-order chi connectivity index (χ1) is 12.0. The predicted molar refractivity (Wildman–Crippen MR) is 109 cm³/mol. The number of benzene rings is 2. The quantitative estimate of drug-likeness (QED) is 0.617. The number of rotatable bonds is 5. The average Bonchev–Trinajstić information content (AvgIpc) is 2.88. The van der Waals surface area contributed by atoms with Crippen molar-refractivity contribution in [3.63, 3.8) is 0 Å². The van der Waals surface area contributed by atoms with Crippen molar-refractivity contribution in [3.8, 4) is 11.1 Å². The van der Waals surface area contributed by atoms with Gasteiger partial charge in [0.25, 0.3) is 0 Å². The summed E-state index contributed by atoms with van der Waals surface area (Å²) >= 11 is 0. The van der Waals surface area contributed by atoms with E-state index in [-0.39, 0.29) is 5.92 Å². The molecular formula is C24H28O. The second kappa shape index (κ2) is 6.92. The minimum absolute atomic E-state index is 0.0952. The first-order valence-electron chi connectivity index (χ1n) is 9.30. The molecule has 0 bridgehead atoms. The Labute approximate surface area is 151 Å². The van der Waals surface area contributed by atoms with Gasteiger partial charge < -0.3 is 5.11 Å². The number of aryl methyl sites for hydroxylation is 1. The predicted octanol–water partition coefficient (Wildman–Crippen LogP) is 7.13. The molecule has 0 fully saturated rings. The average molecular weight is 332 g/mol. The molecule has 1 heteroatoms. The van der Waals surface area contributed by atoms with E-state index in [1.165, 1.54) is 27.8 Å². The molecule has 0 amide bonds. The van der Waals surface area contributed by atoms with E-state index < -0.39 is 0 Å². The molecule has 1 aliphatic carbocycles. The summed E-state index contributed by atoms with van der Waals surface area (Å²) in [4.78, 5) is 0. The maximum Gasteiger partial charge on any atom is 0.104 e. The Bertz CT molecular complexity index is 837. The lowest BCUT2D eigenvalue weighted by molar-refractivity contribution is 0.312. The van der Waals surface area contributed by atoms with Crippen molar-refractivity contribution >= 4 is 11.6 Å². The molecule has 3 rings (SSSR count). The molecule has 0 spiro atoms. The molecule has 1 nitrogen and oxygen atoms in total. The van der Waals surface area contributed by atoms with Gasteiger partial charge in [-0.2, -0.15) is 0 Å². The van der Waals surface area contributed by atoms with Gasteiger partial charge in [0.1, 0.15) is 5.76 Å². The summed E-state index contributed by atoms with van der Waals surface area (Å²) in [6.45, 7) is 12.7. The minimum Gasteiger partial charge on any atom is -0.511 e. The fraction of sp³-hybridized carbons (Fsp3) is 0.333. The van der Waals surface area contributed by atoms with E-state index in [1.807, 2.05) is 6.08 Å². The van der Waals surface area contributed by atoms with Crippen LogP contribution >= 0.6 is 0 Å². The molecule has 2 aromatic carbocycles. The highest BCUT2D eigenvalue weighted by Gasteiger charge is 2.36. The van der Waals surface area contributed by atoms with Gasteiger partial charge in [0.05, 0.1) is 0 Å². The number of allylic oxidation sites excluding steroid dienone is 2. The lowest BCUT2D eigenvalue weighted by Crippen LogP contribution is -2.13. The minimum atomic E-state index is 0.0952. The van der Waals surface area contributed by atoms with Crippen LogP contribution in [0.3, 0.4) is 0 Å². The maximum absolute atomic E-state index is 11.0. The van der Waals surface area contributed by atoms with E-state index in [9.17, 15) is 5.11 Å². The van der Waals surface area contributed by atoms with Crippen LogP contribution in [0.15, 0.2) is 48.7 Å². The monoisotopic (exact) mass is 332 g/mol. The summed E-state index contributed by atoms with van der Waals surface area (Å²) in [6, 6.07) is 12.8. The maximum atomic E-state index is 11.0. The van der Waals surface area contributed by atoms with E-state index in [1.54, 1.807) is 0 Å². The molecule has 130 valence electrons. The first-order valence-corrected chi connectivity index (χ1v) is 9.30. The second-order valence-electron chi connectivity index (χ2n) is 7.07. The van der Waals surface area contributed by atoms with Crippen molar-refractivity contribution in [1.82, 2.24) is 0 Å². The van der Waals surface area contributed by atoms with Crippen LogP contribution in [0.25, 0.3) is 22.8 Å². The molecule has 0 saturated carbocycles. The van der Waals surface area contributed by atoms with Crippen LogP contribution in [0.2, 0.25) is 0 Å². The van der Waals surface area contributed by atoms with Crippen LogP contribution in [0, 0.1) is 12.8 Å². The normalized spacial score (nSPS) is 16.4. The van der Waals surface area contributed by atoms with Gasteiger partial charge in [-0.15, -0.1) is 0 Å². The SMILES string of the molecule is C=Cc1ccccc1-c1c(C)ccc2c1C(C(CC)CC)C(O)=C2C. The van der Waals surface area contributed by atoms with Gasteiger partial charge in [0.15, 0.2) is 0 Å². The third kappa shape index (κ3) is 2.72. The van der Waals surface area contributed by atoms with Gasteiger partial charge in [-0.25, -0.2) is 0 Å². The molecule has 1 N–H and O–H groups in total. The van der Waals surface area contributed by atoms with Crippen LogP contribution < -0.4 is 0 Å². The molecule has 2 aromatic rings. The van der Waals surface area contributed by atoms with Crippen LogP contribution in [0.1, 0.15) is 61.8 Å². The Morgan fingerprint density at radius 2 is 1.72 bits per heavy atom.